The summed E-state index contributed by atoms with van der Waals surface area (Å²) >= 11 is 0. The van der Waals surface area contributed by atoms with E-state index < -0.39 is 6.10 Å². The molecular weight excluding hydrogens is 330 g/mol. The number of anilines is 3. The fourth-order valence-corrected chi connectivity index (χ4v) is 3.11. The van der Waals surface area contributed by atoms with Crippen LogP contribution < -0.4 is 19.9 Å². The maximum absolute atomic E-state index is 9.39. The molecule has 0 aromatic heterocycles. The summed E-state index contributed by atoms with van der Waals surface area (Å²) in [5.41, 5.74) is 3.37. The first-order chi connectivity index (χ1) is 12.7. The van der Waals surface area contributed by atoms with E-state index in [4.69, 9.17) is 9.84 Å². The van der Waals surface area contributed by atoms with Gasteiger partial charge in [0.05, 0.1) is 19.8 Å². The van der Waals surface area contributed by atoms with Gasteiger partial charge in [0, 0.05) is 49.8 Å². The van der Waals surface area contributed by atoms with Gasteiger partial charge in [0.1, 0.15) is 5.75 Å². The van der Waals surface area contributed by atoms with Crippen LogP contribution >= 0.6 is 0 Å². The van der Waals surface area contributed by atoms with E-state index in [9.17, 15) is 5.11 Å². The Hall–Kier alpha value is -2.44. The fraction of sp³-hybridized carbons (Fsp3) is 0.400. The Kier molecular flexibility index (Phi) is 6.20. The molecular formula is C20H27N3O3. The van der Waals surface area contributed by atoms with Gasteiger partial charge >= 0.3 is 0 Å². The van der Waals surface area contributed by atoms with Gasteiger partial charge in [-0.3, -0.25) is 0 Å². The van der Waals surface area contributed by atoms with Crippen molar-refractivity contribution in [1.82, 2.24) is 0 Å². The van der Waals surface area contributed by atoms with Gasteiger partial charge in [-0.05, 0) is 48.5 Å². The van der Waals surface area contributed by atoms with Crippen molar-refractivity contribution < 1.29 is 14.9 Å². The van der Waals surface area contributed by atoms with Crippen LogP contribution in [0.2, 0.25) is 0 Å². The topological polar surface area (TPSA) is 68.2 Å². The molecule has 2 aromatic carbocycles. The van der Waals surface area contributed by atoms with Gasteiger partial charge in [-0.25, -0.2) is 0 Å². The molecule has 1 aliphatic heterocycles. The number of hydrogen-bond acceptors (Lipinski definition) is 6. The first-order valence-electron chi connectivity index (χ1n) is 8.96. The van der Waals surface area contributed by atoms with Gasteiger partial charge in [0.2, 0.25) is 0 Å². The number of piperazine rings is 1. The Morgan fingerprint density at radius 2 is 1.42 bits per heavy atom. The van der Waals surface area contributed by atoms with Crippen LogP contribution in [-0.4, -0.2) is 62.8 Å². The van der Waals surface area contributed by atoms with Crippen LogP contribution in [0.4, 0.5) is 17.1 Å². The number of rotatable bonds is 7. The van der Waals surface area contributed by atoms with E-state index in [1.54, 1.807) is 7.11 Å². The van der Waals surface area contributed by atoms with Gasteiger partial charge < -0.3 is 30.1 Å². The quantitative estimate of drug-likeness (QED) is 0.702. The SMILES string of the molecule is COc1ccc(N2CCN(c3ccc(NCC(O)CO)cc3)CC2)cc1. The van der Waals surface area contributed by atoms with Crippen LogP contribution in [0, 0.1) is 0 Å². The van der Waals surface area contributed by atoms with Gasteiger partial charge in [-0.1, -0.05) is 0 Å². The normalized spacial score (nSPS) is 15.7. The largest absolute Gasteiger partial charge is 0.497 e. The Morgan fingerprint density at radius 3 is 1.88 bits per heavy atom. The van der Waals surface area contributed by atoms with Crippen molar-refractivity contribution in [2.24, 2.45) is 0 Å². The zero-order valence-corrected chi connectivity index (χ0v) is 15.1. The number of aliphatic hydroxyl groups excluding tert-OH is 2. The summed E-state index contributed by atoms with van der Waals surface area (Å²) in [6.45, 7) is 4.02. The van der Waals surface area contributed by atoms with E-state index in [2.05, 4.69) is 39.4 Å². The predicted octanol–water partition coefficient (Wildman–Crippen LogP) is 1.79. The highest BCUT2D eigenvalue weighted by molar-refractivity contribution is 5.57. The monoisotopic (exact) mass is 357 g/mol. The molecule has 140 valence electrons. The van der Waals surface area contributed by atoms with Crippen LogP contribution in [0.15, 0.2) is 48.5 Å². The van der Waals surface area contributed by atoms with Gasteiger partial charge in [0.25, 0.3) is 0 Å². The summed E-state index contributed by atoms with van der Waals surface area (Å²) in [5.74, 6) is 0.882. The third kappa shape index (κ3) is 4.59. The van der Waals surface area contributed by atoms with E-state index >= 15 is 0 Å². The summed E-state index contributed by atoms with van der Waals surface area (Å²) in [4.78, 5) is 4.77. The summed E-state index contributed by atoms with van der Waals surface area (Å²) in [6, 6.07) is 16.4. The smallest absolute Gasteiger partial charge is 0.119 e. The molecule has 1 atom stereocenters. The van der Waals surface area contributed by atoms with Gasteiger partial charge in [-0.2, -0.15) is 0 Å². The molecule has 1 aliphatic rings. The Balaban J connectivity index is 1.52. The lowest BCUT2D eigenvalue weighted by Crippen LogP contribution is -2.46. The Labute approximate surface area is 154 Å². The highest BCUT2D eigenvalue weighted by Gasteiger charge is 2.17. The highest BCUT2D eigenvalue weighted by Crippen LogP contribution is 2.23. The Morgan fingerprint density at radius 1 is 0.923 bits per heavy atom. The molecule has 0 amide bonds. The minimum absolute atomic E-state index is 0.233. The Bertz CT molecular complexity index is 668. The van der Waals surface area contributed by atoms with E-state index in [0.29, 0.717) is 6.54 Å². The minimum Gasteiger partial charge on any atom is -0.497 e. The zero-order chi connectivity index (χ0) is 18.4. The molecule has 0 spiro atoms. The molecule has 3 rings (SSSR count). The summed E-state index contributed by atoms with van der Waals surface area (Å²) in [6.07, 6.45) is -0.735. The zero-order valence-electron chi connectivity index (χ0n) is 15.1. The number of aliphatic hydroxyl groups is 2. The highest BCUT2D eigenvalue weighted by atomic mass is 16.5. The lowest BCUT2D eigenvalue weighted by atomic mass is 10.2. The van der Waals surface area contributed by atoms with Crippen molar-refractivity contribution in [3.8, 4) is 5.75 Å². The maximum atomic E-state index is 9.39. The van der Waals surface area contributed by atoms with E-state index in [-0.39, 0.29) is 6.61 Å². The molecule has 0 saturated carbocycles. The molecule has 0 radical (unpaired) electrons. The first kappa shape index (κ1) is 18.4. The summed E-state index contributed by atoms with van der Waals surface area (Å²) in [7, 11) is 1.68. The van der Waals surface area contributed by atoms with Crippen molar-refractivity contribution in [1.29, 1.82) is 0 Å². The van der Waals surface area contributed by atoms with Crippen LogP contribution in [0.3, 0.4) is 0 Å². The predicted molar refractivity (Wildman–Crippen MR) is 105 cm³/mol. The standard InChI is InChI=1S/C20H27N3O3/c1-26-20-8-6-18(7-9-20)23-12-10-22(11-13-23)17-4-2-16(3-5-17)21-14-19(25)15-24/h2-9,19,21,24-25H,10-15H2,1H3. The van der Waals surface area contributed by atoms with Crippen molar-refractivity contribution in [2.45, 2.75) is 6.10 Å². The minimum atomic E-state index is -0.735. The van der Waals surface area contributed by atoms with Crippen LogP contribution in [-0.2, 0) is 0 Å². The van der Waals surface area contributed by atoms with Crippen LogP contribution in [0.25, 0.3) is 0 Å². The second-order valence-electron chi connectivity index (χ2n) is 6.44. The number of benzene rings is 2. The molecule has 1 saturated heterocycles. The number of nitrogens with one attached hydrogen (secondary N) is 1. The number of methoxy groups -OCH3 is 1. The molecule has 0 bridgehead atoms. The molecule has 2 aromatic rings. The van der Waals surface area contributed by atoms with Crippen molar-refractivity contribution in [3.63, 3.8) is 0 Å². The van der Waals surface area contributed by atoms with Crippen molar-refractivity contribution >= 4 is 17.1 Å². The second-order valence-corrected chi connectivity index (χ2v) is 6.44. The van der Waals surface area contributed by atoms with Crippen molar-refractivity contribution in [2.75, 3.05) is 61.6 Å². The molecule has 6 nitrogen and oxygen atoms in total. The summed E-state index contributed by atoms with van der Waals surface area (Å²) in [5, 5.41) is 21.4. The van der Waals surface area contributed by atoms with E-state index in [1.165, 1.54) is 11.4 Å². The van der Waals surface area contributed by atoms with E-state index in [1.807, 2.05) is 24.3 Å². The molecule has 3 N–H and O–H groups in total. The number of nitrogens with zero attached hydrogens (tertiary/aromatic N) is 2. The number of ether oxygens (including phenoxy) is 1. The maximum Gasteiger partial charge on any atom is 0.119 e. The average Bonchev–Trinajstić information content (AvgIpc) is 2.72. The van der Waals surface area contributed by atoms with Crippen LogP contribution in [0.5, 0.6) is 5.75 Å². The van der Waals surface area contributed by atoms with Gasteiger partial charge in [0.15, 0.2) is 0 Å². The van der Waals surface area contributed by atoms with E-state index in [0.717, 1.165) is 37.6 Å². The molecule has 1 unspecified atom stereocenters. The first-order valence-corrected chi connectivity index (χ1v) is 8.96. The third-order valence-corrected chi connectivity index (χ3v) is 4.70. The van der Waals surface area contributed by atoms with Crippen LogP contribution in [0.1, 0.15) is 0 Å². The van der Waals surface area contributed by atoms with Gasteiger partial charge in [-0.15, -0.1) is 0 Å². The molecule has 26 heavy (non-hydrogen) atoms. The average molecular weight is 357 g/mol. The molecule has 1 heterocycles. The molecule has 6 heteroatoms. The molecule has 1 fully saturated rings. The third-order valence-electron chi connectivity index (χ3n) is 4.70. The molecule has 0 aliphatic carbocycles. The fourth-order valence-electron chi connectivity index (χ4n) is 3.11. The summed E-state index contributed by atoms with van der Waals surface area (Å²) < 4.78 is 5.22. The lowest BCUT2D eigenvalue weighted by Gasteiger charge is -2.37. The van der Waals surface area contributed by atoms with Crippen molar-refractivity contribution in [3.05, 3.63) is 48.5 Å². The number of hydrogen-bond donors (Lipinski definition) is 3. The lowest BCUT2D eigenvalue weighted by molar-refractivity contribution is 0.105. The second kappa shape index (κ2) is 8.78.